The van der Waals surface area contributed by atoms with Gasteiger partial charge in [0, 0.05) is 32.4 Å². The highest BCUT2D eigenvalue weighted by atomic mass is 19.1. The van der Waals surface area contributed by atoms with Gasteiger partial charge in [-0.25, -0.2) is 4.39 Å². The van der Waals surface area contributed by atoms with E-state index in [1.807, 2.05) is 0 Å². The standard InChI is InChI=1S/C11H15FN2O3/c1-17-7-3-2-6-13-10-8-9(12)4-5-11(10)14(15)16/h4-5,8,13H,2-3,6-7H2,1H3. The number of nitro benzene ring substituents is 1. The highest BCUT2D eigenvalue weighted by molar-refractivity contribution is 5.61. The number of rotatable bonds is 7. The molecule has 0 aromatic heterocycles. The first-order valence-corrected chi connectivity index (χ1v) is 5.32. The Hall–Kier alpha value is -1.69. The lowest BCUT2D eigenvalue weighted by Crippen LogP contribution is -2.05. The summed E-state index contributed by atoms with van der Waals surface area (Å²) in [5.41, 5.74) is 0.102. The van der Waals surface area contributed by atoms with Crippen molar-refractivity contribution in [3.63, 3.8) is 0 Å². The minimum atomic E-state index is -0.531. The Morgan fingerprint density at radius 3 is 2.88 bits per heavy atom. The molecule has 5 nitrogen and oxygen atoms in total. The summed E-state index contributed by atoms with van der Waals surface area (Å²) in [5, 5.41) is 13.5. The van der Waals surface area contributed by atoms with Gasteiger partial charge in [-0.3, -0.25) is 10.1 Å². The minimum Gasteiger partial charge on any atom is -0.385 e. The van der Waals surface area contributed by atoms with E-state index in [0.29, 0.717) is 13.2 Å². The average Bonchev–Trinajstić information content (AvgIpc) is 2.28. The summed E-state index contributed by atoms with van der Waals surface area (Å²) in [6, 6.07) is 3.37. The Kier molecular flexibility index (Phi) is 5.35. The van der Waals surface area contributed by atoms with Crippen LogP contribution in [-0.2, 0) is 4.74 Å². The second-order valence-corrected chi connectivity index (χ2v) is 3.55. The molecule has 0 atom stereocenters. The van der Waals surface area contributed by atoms with E-state index in [9.17, 15) is 14.5 Å². The van der Waals surface area contributed by atoms with Gasteiger partial charge >= 0.3 is 0 Å². The number of hydrogen-bond donors (Lipinski definition) is 1. The normalized spacial score (nSPS) is 10.2. The number of nitro groups is 1. The van der Waals surface area contributed by atoms with Gasteiger partial charge in [0.05, 0.1) is 4.92 Å². The van der Waals surface area contributed by atoms with Gasteiger partial charge in [-0.1, -0.05) is 0 Å². The van der Waals surface area contributed by atoms with Crippen LogP contribution in [0.2, 0.25) is 0 Å². The third-order valence-electron chi connectivity index (χ3n) is 2.25. The molecule has 0 radical (unpaired) electrons. The number of nitrogens with zero attached hydrogens (tertiary/aromatic N) is 1. The van der Waals surface area contributed by atoms with Crippen molar-refractivity contribution in [3.8, 4) is 0 Å². The number of halogens is 1. The van der Waals surface area contributed by atoms with E-state index in [2.05, 4.69) is 5.32 Å². The fourth-order valence-corrected chi connectivity index (χ4v) is 1.40. The number of nitrogens with one attached hydrogen (secondary N) is 1. The molecule has 0 bridgehead atoms. The molecule has 6 heteroatoms. The van der Waals surface area contributed by atoms with E-state index in [0.717, 1.165) is 31.0 Å². The van der Waals surface area contributed by atoms with E-state index in [4.69, 9.17) is 4.74 Å². The van der Waals surface area contributed by atoms with Crippen LogP contribution < -0.4 is 5.32 Å². The van der Waals surface area contributed by atoms with E-state index in [1.165, 1.54) is 0 Å². The van der Waals surface area contributed by atoms with Gasteiger partial charge in [-0.2, -0.15) is 0 Å². The maximum Gasteiger partial charge on any atom is 0.292 e. The van der Waals surface area contributed by atoms with Crippen molar-refractivity contribution in [2.45, 2.75) is 12.8 Å². The number of unbranched alkanes of at least 4 members (excludes halogenated alkanes) is 1. The van der Waals surface area contributed by atoms with Crippen molar-refractivity contribution in [3.05, 3.63) is 34.1 Å². The van der Waals surface area contributed by atoms with Crippen molar-refractivity contribution in [1.82, 2.24) is 0 Å². The van der Waals surface area contributed by atoms with Crippen molar-refractivity contribution < 1.29 is 14.1 Å². The fourth-order valence-electron chi connectivity index (χ4n) is 1.40. The Morgan fingerprint density at radius 2 is 2.24 bits per heavy atom. The molecule has 0 fully saturated rings. The summed E-state index contributed by atoms with van der Waals surface area (Å²) in [6.45, 7) is 1.20. The van der Waals surface area contributed by atoms with Crippen LogP contribution in [0.3, 0.4) is 0 Å². The minimum absolute atomic E-state index is 0.113. The Labute approximate surface area is 98.7 Å². The summed E-state index contributed by atoms with van der Waals surface area (Å²) >= 11 is 0. The molecule has 1 aromatic rings. The molecule has 0 saturated carbocycles. The molecule has 0 heterocycles. The average molecular weight is 242 g/mol. The predicted molar refractivity (Wildman–Crippen MR) is 62.7 cm³/mol. The molecule has 0 aliphatic carbocycles. The van der Waals surface area contributed by atoms with Crippen LogP contribution in [-0.4, -0.2) is 25.2 Å². The second kappa shape index (κ2) is 6.80. The van der Waals surface area contributed by atoms with E-state index >= 15 is 0 Å². The highest BCUT2D eigenvalue weighted by Crippen LogP contribution is 2.24. The lowest BCUT2D eigenvalue weighted by molar-refractivity contribution is -0.384. The van der Waals surface area contributed by atoms with Crippen LogP contribution in [0.15, 0.2) is 18.2 Å². The van der Waals surface area contributed by atoms with Gasteiger partial charge in [0.2, 0.25) is 0 Å². The van der Waals surface area contributed by atoms with Crippen LogP contribution in [0.5, 0.6) is 0 Å². The van der Waals surface area contributed by atoms with Gasteiger partial charge in [0.1, 0.15) is 11.5 Å². The van der Waals surface area contributed by atoms with E-state index in [1.54, 1.807) is 7.11 Å². The molecule has 1 N–H and O–H groups in total. The van der Waals surface area contributed by atoms with Crippen molar-refractivity contribution in [2.75, 3.05) is 25.6 Å². The zero-order valence-electron chi connectivity index (χ0n) is 9.61. The topological polar surface area (TPSA) is 64.4 Å². The number of ether oxygens (including phenoxy) is 1. The van der Waals surface area contributed by atoms with Crippen LogP contribution in [0.4, 0.5) is 15.8 Å². The lowest BCUT2D eigenvalue weighted by atomic mass is 10.2. The van der Waals surface area contributed by atoms with Gasteiger partial charge in [-0.15, -0.1) is 0 Å². The first kappa shape index (κ1) is 13.4. The zero-order valence-corrected chi connectivity index (χ0v) is 9.61. The summed E-state index contributed by atoms with van der Waals surface area (Å²) < 4.78 is 17.8. The van der Waals surface area contributed by atoms with Crippen LogP contribution in [0.1, 0.15) is 12.8 Å². The number of anilines is 1. The molecule has 1 rings (SSSR count). The van der Waals surface area contributed by atoms with E-state index < -0.39 is 10.7 Å². The van der Waals surface area contributed by atoms with Crippen molar-refractivity contribution >= 4 is 11.4 Å². The molecule has 0 saturated heterocycles. The first-order chi connectivity index (χ1) is 8.15. The molecule has 0 amide bonds. The number of benzene rings is 1. The van der Waals surface area contributed by atoms with Crippen LogP contribution in [0.25, 0.3) is 0 Å². The summed E-state index contributed by atoms with van der Waals surface area (Å²) in [7, 11) is 1.62. The first-order valence-electron chi connectivity index (χ1n) is 5.32. The van der Waals surface area contributed by atoms with Crippen LogP contribution in [0, 0.1) is 15.9 Å². The number of methoxy groups -OCH3 is 1. The largest absolute Gasteiger partial charge is 0.385 e. The molecule has 0 unspecified atom stereocenters. The Bertz CT molecular complexity index is 385. The maximum absolute atomic E-state index is 13.0. The maximum atomic E-state index is 13.0. The Morgan fingerprint density at radius 1 is 1.47 bits per heavy atom. The van der Waals surface area contributed by atoms with Gasteiger partial charge < -0.3 is 10.1 Å². The fraction of sp³-hybridized carbons (Fsp3) is 0.455. The monoisotopic (exact) mass is 242 g/mol. The van der Waals surface area contributed by atoms with E-state index in [-0.39, 0.29) is 11.4 Å². The van der Waals surface area contributed by atoms with Crippen molar-refractivity contribution in [1.29, 1.82) is 0 Å². The smallest absolute Gasteiger partial charge is 0.292 e. The quantitative estimate of drug-likeness (QED) is 0.453. The third kappa shape index (κ3) is 4.36. The second-order valence-electron chi connectivity index (χ2n) is 3.55. The van der Waals surface area contributed by atoms with Gasteiger partial charge in [0.25, 0.3) is 5.69 Å². The molecule has 0 aliphatic rings. The molecule has 17 heavy (non-hydrogen) atoms. The molecule has 0 spiro atoms. The van der Waals surface area contributed by atoms with Crippen molar-refractivity contribution in [2.24, 2.45) is 0 Å². The molecule has 94 valence electrons. The van der Waals surface area contributed by atoms with Gasteiger partial charge in [-0.05, 0) is 18.9 Å². The molecular formula is C11H15FN2O3. The predicted octanol–water partition coefficient (Wildman–Crippen LogP) is 2.57. The summed E-state index contributed by atoms with van der Waals surface area (Å²) in [4.78, 5) is 10.2. The summed E-state index contributed by atoms with van der Waals surface area (Å²) in [6.07, 6.45) is 1.66. The lowest BCUT2D eigenvalue weighted by Gasteiger charge is -2.06. The zero-order chi connectivity index (χ0) is 12.7. The van der Waals surface area contributed by atoms with Crippen LogP contribution >= 0.6 is 0 Å². The number of hydrogen-bond acceptors (Lipinski definition) is 4. The molecule has 0 aliphatic heterocycles. The SMILES string of the molecule is COCCCCNc1cc(F)ccc1[N+](=O)[O-]. The molecule has 1 aromatic carbocycles. The Balaban J connectivity index is 2.56. The molecular weight excluding hydrogens is 227 g/mol. The summed E-state index contributed by atoms with van der Waals surface area (Å²) in [5.74, 6) is -0.491. The van der Waals surface area contributed by atoms with Gasteiger partial charge in [0.15, 0.2) is 0 Å². The third-order valence-corrected chi connectivity index (χ3v) is 2.25. The highest BCUT2D eigenvalue weighted by Gasteiger charge is 2.13.